The first-order valence-corrected chi connectivity index (χ1v) is 11.7. The molecule has 3 aromatic rings. The van der Waals surface area contributed by atoms with Gasteiger partial charge in [-0.3, -0.25) is 9.80 Å². The number of piperazine rings is 1. The summed E-state index contributed by atoms with van der Waals surface area (Å²) in [6.07, 6.45) is 0.348. The number of aryl methyl sites for hydroxylation is 1. The number of nitrogens with zero attached hydrogens (tertiary/aromatic N) is 5. The topological polar surface area (TPSA) is 97.0 Å². The van der Waals surface area contributed by atoms with Gasteiger partial charge in [0.2, 0.25) is 5.88 Å². The minimum atomic E-state index is -0.547. The fraction of sp³-hybridized carbons (Fsp3) is 0.500. The number of benzene rings is 1. The summed E-state index contributed by atoms with van der Waals surface area (Å²) < 4.78 is 16.4. The summed E-state index contributed by atoms with van der Waals surface area (Å²) in [5.41, 5.74) is 0.790. The van der Waals surface area contributed by atoms with E-state index in [-0.39, 0.29) is 6.61 Å². The molecule has 1 saturated heterocycles. The lowest BCUT2D eigenvalue weighted by molar-refractivity contribution is 0.0431. The van der Waals surface area contributed by atoms with E-state index in [2.05, 4.69) is 31.8 Å². The Morgan fingerprint density at radius 1 is 1.16 bits per heavy atom. The second kappa shape index (κ2) is 10.9. The van der Waals surface area contributed by atoms with Crippen molar-refractivity contribution in [3.8, 4) is 23.1 Å². The van der Waals surface area contributed by atoms with E-state index in [1.54, 1.807) is 18.4 Å². The number of ether oxygens (including phenoxy) is 2. The van der Waals surface area contributed by atoms with Gasteiger partial charge in [0.25, 0.3) is 5.89 Å². The van der Waals surface area contributed by atoms with Crippen molar-refractivity contribution in [2.45, 2.75) is 26.0 Å². The molecule has 10 heteroatoms. The van der Waals surface area contributed by atoms with Gasteiger partial charge in [-0.2, -0.15) is 4.98 Å². The second-order valence-corrected chi connectivity index (χ2v) is 8.63. The van der Waals surface area contributed by atoms with Gasteiger partial charge in [0, 0.05) is 32.7 Å². The Balaban J connectivity index is 1.21. The van der Waals surface area contributed by atoms with Gasteiger partial charge in [0.15, 0.2) is 5.82 Å². The second-order valence-electron chi connectivity index (χ2n) is 7.69. The van der Waals surface area contributed by atoms with Crippen molar-refractivity contribution < 1.29 is 19.1 Å². The van der Waals surface area contributed by atoms with Gasteiger partial charge in [0.1, 0.15) is 18.5 Å². The number of para-hydroxylation sites is 1. The average Bonchev–Trinajstić information content (AvgIpc) is 3.48. The molecule has 0 radical (unpaired) electrons. The Kier molecular flexibility index (Phi) is 7.69. The minimum Gasteiger partial charge on any atom is -0.496 e. The van der Waals surface area contributed by atoms with E-state index in [1.807, 2.05) is 29.6 Å². The summed E-state index contributed by atoms with van der Waals surface area (Å²) >= 11 is 1.58. The van der Waals surface area contributed by atoms with E-state index >= 15 is 0 Å². The van der Waals surface area contributed by atoms with E-state index < -0.39 is 6.10 Å². The van der Waals surface area contributed by atoms with E-state index in [9.17, 15) is 5.11 Å². The van der Waals surface area contributed by atoms with Crippen LogP contribution in [0, 0.1) is 0 Å². The van der Waals surface area contributed by atoms with E-state index in [0.717, 1.165) is 43.2 Å². The molecule has 9 nitrogen and oxygen atoms in total. The zero-order valence-electron chi connectivity index (χ0n) is 18.4. The summed E-state index contributed by atoms with van der Waals surface area (Å²) in [4.78, 5) is 13.4. The lowest BCUT2D eigenvalue weighted by Gasteiger charge is -2.34. The summed E-state index contributed by atoms with van der Waals surface area (Å²) in [6, 6.07) is 7.60. The number of β-amino-alcohol motifs (C(OH)–C–C–N with tert-alkyl or cyclic N) is 1. The number of hydrogen-bond acceptors (Lipinski definition) is 10. The first-order chi connectivity index (χ1) is 15.6. The van der Waals surface area contributed by atoms with Gasteiger partial charge in [-0.15, -0.1) is 11.3 Å². The molecule has 1 aliphatic rings. The van der Waals surface area contributed by atoms with E-state index in [0.29, 0.717) is 36.4 Å². The lowest BCUT2D eigenvalue weighted by atomic mass is 10.2. The third-order valence-electron chi connectivity index (χ3n) is 5.36. The van der Waals surface area contributed by atoms with Crippen LogP contribution in [0.15, 0.2) is 34.2 Å². The zero-order valence-corrected chi connectivity index (χ0v) is 19.3. The van der Waals surface area contributed by atoms with E-state index in [1.165, 1.54) is 0 Å². The molecule has 0 bridgehead atoms. The monoisotopic (exact) mass is 459 g/mol. The highest BCUT2D eigenvalue weighted by Gasteiger charge is 2.22. The molecular weight excluding hydrogens is 430 g/mol. The molecule has 4 rings (SSSR count). The molecule has 0 aliphatic carbocycles. The molecule has 172 valence electrons. The maximum absolute atomic E-state index is 10.3. The van der Waals surface area contributed by atoms with Crippen molar-refractivity contribution in [1.82, 2.24) is 24.9 Å². The maximum Gasteiger partial charge on any atom is 0.261 e. The number of methoxy groups -OCH3 is 1. The standard InChI is InChI=1S/C22H29N5O4S/c1-3-21-24-20(15-32-21)30-14-16(28)12-26-8-10-27(11-9-26)13-19-23-22(31-25-19)17-6-4-5-7-18(17)29-2/h4-7,15-16,28H,3,8-14H2,1-2H3/t16-/m1/s1. The van der Waals surface area contributed by atoms with Crippen LogP contribution in [0.3, 0.4) is 0 Å². The molecule has 1 atom stereocenters. The van der Waals surface area contributed by atoms with Crippen molar-refractivity contribution >= 4 is 11.3 Å². The first-order valence-electron chi connectivity index (χ1n) is 10.8. The van der Waals surface area contributed by atoms with Crippen LogP contribution in [0.5, 0.6) is 11.6 Å². The maximum atomic E-state index is 10.3. The van der Waals surface area contributed by atoms with Crippen molar-refractivity contribution in [2.75, 3.05) is 46.4 Å². The number of aliphatic hydroxyl groups excluding tert-OH is 1. The molecule has 1 aromatic carbocycles. The number of rotatable bonds is 10. The van der Waals surface area contributed by atoms with Crippen LogP contribution in [-0.4, -0.2) is 82.6 Å². The van der Waals surface area contributed by atoms with Crippen molar-refractivity contribution in [1.29, 1.82) is 0 Å². The molecule has 1 N–H and O–H groups in total. The number of aliphatic hydroxyl groups is 1. The molecule has 0 unspecified atom stereocenters. The number of aromatic nitrogens is 3. The Labute approximate surface area is 191 Å². The molecule has 32 heavy (non-hydrogen) atoms. The Morgan fingerprint density at radius 3 is 2.69 bits per heavy atom. The highest BCUT2D eigenvalue weighted by atomic mass is 32.1. The highest BCUT2D eigenvalue weighted by Crippen LogP contribution is 2.28. The van der Waals surface area contributed by atoms with Crippen LogP contribution in [-0.2, 0) is 13.0 Å². The number of thiazole rings is 1. The molecule has 0 saturated carbocycles. The van der Waals surface area contributed by atoms with Crippen LogP contribution < -0.4 is 9.47 Å². The van der Waals surface area contributed by atoms with E-state index in [4.69, 9.17) is 14.0 Å². The third-order valence-corrected chi connectivity index (χ3v) is 6.33. The fourth-order valence-electron chi connectivity index (χ4n) is 3.63. The van der Waals surface area contributed by atoms with Crippen LogP contribution in [0.2, 0.25) is 0 Å². The van der Waals surface area contributed by atoms with Crippen LogP contribution in [0.25, 0.3) is 11.5 Å². The van der Waals surface area contributed by atoms with Crippen LogP contribution >= 0.6 is 11.3 Å². The normalized spacial score (nSPS) is 16.2. The van der Waals surface area contributed by atoms with Crippen molar-refractivity contribution in [3.05, 3.63) is 40.5 Å². The molecule has 0 amide bonds. The molecular formula is C22H29N5O4S. The molecule has 2 aromatic heterocycles. The predicted molar refractivity (Wildman–Crippen MR) is 121 cm³/mol. The van der Waals surface area contributed by atoms with Crippen LogP contribution in [0.4, 0.5) is 0 Å². The highest BCUT2D eigenvalue weighted by molar-refractivity contribution is 7.09. The average molecular weight is 460 g/mol. The van der Waals surface area contributed by atoms with Crippen molar-refractivity contribution in [3.63, 3.8) is 0 Å². The van der Waals surface area contributed by atoms with Gasteiger partial charge in [-0.25, -0.2) is 4.98 Å². The van der Waals surface area contributed by atoms with Crippen LogP contribution in [0.1, 0.15) is 17.8 Å². The largest absolute Gasteiger partial charge is 0.496 e. The molecule has 1 aliphatic heterocycles. The number of hydrogen-bond donors (Lipinski definition) is 1. The molecule has 3 heterocycles. The SMILES string of the molecule is CCc1nc(OC[C@H](O)CN2CCN(Cc3noc(-c4ccccc4OC)n3)CC2)cs1. The smallest absolute Gasteiger partial charge is 0.261 e. The molecule has 1 fully saturated rings. The lowest BCUT2D eigenvalue weighted by Crippen LogP contribution is -2.48. The fourth-order valence-corrected chi connectivity index (χ4v) is 4.30. The predicted octanol–water partition coefficient (Wildman–Crippen LogP) is 2.32. The minimum absolute atomic E-state index is 0.252. The van der Waals surface area contributed by atoms with Crippen molar-refractivity contribution in [2.24, 2.45) is 0 Å². The van der Waals surface area contributed by atoms with Gasteiger partial charge in [-0.05, 0) is 18.6 Å². The van der Waals surface area contributed by atoms with Gasteiger partial charge in [-0.1, -0.05) is 24.2 Å². The summed E-state index contributed by atoms with van der Waals surface area (Å²) in [5, 5.41) is 17.4. The summed E-state index contributed by atoms with van der Waals surface area (Å²) in [6.45, 7) is 7.00. The zero-order chi connectivity index (χ0) is 22.3. The Bertz CT molecular complexity index is 986. The Morgan fingerprint density at radius 2 is 1.94 bits per heavy atom. The summed E-state index contributed by atoms with van der Waals surface area (Å²) in [7, 11) is 1.62. The Hall–Kier alpha value is -2.53. The summed E-state index contributed by atoms with van der Waals surface area (Å²) in [5.74, 6) is 2.43. The van der Waals surface area contributed by atoms with Gasteiger partial charge < -0.3 is 19.1 Å². The molecule has 0 spiro atoms. The quantitative estimate of drug-likeness (QED) is 0.490. The van der Waals surface area contributed by atoms with Gasteiger partial charge in [0.05, 0.1) is 29.6 Å². The first kappa shape index (κ1) is 22.7. The van der Waals surface area contributed by atoms with Gasteiger partial charge >= 0.3 is 0 Å². The third kappa shape index (κ3) is 5.83.